The molecule has 3 rings (SSSR count). The van der Waals surface area contributed by atoms with Gasteiger partial charge in [-0.1, -0.05) is 0 Å². The van der Waals surface area contributed by atoms with Gasteiger partial charge < -0.3 is 9.72 Å². The molecular formula is C12H7Br2FN4. The van der Waals surface area contributed by atoms with E-state index in [4.69, 9.17) is 0 Å². The van der Waals surface area contributed by atoms with Gasteiger partial charge in [-0.3, -0.25) is 0 Å². The van der Waals surface area contributed by atoms with Gasteiger partial charge in [0.15, 0.2) is 11.5 Å². The minimum Gasteiger partial charge on any atom is -0.337 e. The van der Waals surface area contributed by atoms with Gasteiger partial charge >= 0.3 is 0 Å². The normalized spacial score (nSPS) is 10.9. The van der Waals surface area contributed by atoms with Gasteiger partial charge in [0.2, 0.25) is 0 Å². The Morgan fingerprint density at radius 1 is 1.26 bits per heavy atom. The van der Waals surface area contributed by atoms with Crippen LogP contribution in [0.4, 0.5) is 15.9 Å². The fourth-order valence-electron chi connectivity index (χ4n) is 1.70. The molecule has 0 saturated carbocycles. The fraction of sp³-hybridized carbons (Fsp3) is 0. The number of aromatic nitrogens is 3. The first-order valence-electron chi connectivity index (χ1n) is 5.35. The summed E-state index contributed by atoms with van der Waals surface area (Å²) in [5, 5.41) is 3.06. The third kappa shape index (κ3) is 2.48. The summed E-state index contributed by atoms with van der Waals surface area (Å²) >= 11 is 6.44. The van der Waals surface area contributed by atoms with Crippen molar-refractivity contribution in [2.75, 3.05) is 5.32 Å². The largest absolute Gasteiger partial charge is 0.337 e. The number of halogens is 3. The standard InChI is InChI=1S/C12H7Br2FN4/c13-8-2-1-7(5-9(8)15)17-11-12-16-3-4-19(12)6-10(14)18-11/h1-6H,(H,17,18). The smallest absolute Gasteiger partial charge is 0.180 e. The molecule has 0 aliphatic rings. The quantitative estimate of drug-likeness (QED) is 0.720. The first-order valence-corrected chi connectivity index (χ1v) is 6.93. The van der Waals surface area contributed by atoms with Crippen LogP contribution in [-0.4, -0.2) is 14.4 Å². The summed E-state index contributed by atoms with van der Waals surface area (Å²) in [7, 11) is 0. The number of benzene rings is 1. The van der Waals surface area contributed by atoms with Crippen LogP contribution in [0.2, 0.25) is 0 Å². The minimum atomic E-state index is -0.334. The molecule has 0 aliphatic carbocycles. The molecule has 7 heteroatoms. The van der Waals surface area contributed by atoms with E-state index in [-0.39, 0.29) is 5.82 Å². The van der Waals surface area contributed by atoms with E-state index in [0.717, 1.165) is 0 Å². The molecule has 1 aromatic carbocycles. The highest BCUT2D eigenvalue weighted by Crippen LogP contribution is 2.24. The maximum Gasteiger partial charge on any atom is 0.180 e. The molecule has 0 unspecified atom stereocenters. The van der Waals surface area contributed by atoms with Crippen LogP contribution in [0.5, 0.6) is 0 Å². The summed E-state index contributed by atoms with van der Waals surface area (Å²) < 4.78 is 16.4. The first-order chi connectivity index (χ1) is 9.13. The van der Waals surface area contributed by atoms with Crippen molar-refractivity contribution < 1.29 is 4.39 Å². The predicted octanol–water partition coefficient (Wildman–Crippen LogP) is 4.14. The maximum atomic E-state index is 13.5. The topological polar surface area (TPSA) is 42.2 Å². The number of rotatable bonds is 2. The lowest BCUT2D eigenvalue weighted by molar-refractivity contribution is 0.622. The Morgan fingerprint density at radius 3 is 2.89 bits per heavy atom. The molecule has 0 fully saturated rings. The van der Waals surface area contributed by atoms with E-state index in [2.05, 4.69) is 47.1 Å². The van der Waals surface area contributed by atoms with Gasteiger partial charge in [-0.25, -0.2) is 14.4 Å². The molecule has 1 N–H and O–H groups in total. The SMILES string of the molecule is Fc1cc(Nc2nc(Br)cn3ccnc23)ccc1Br. The van der Waals surface area contributed by atoms with Crippen LogP contribution >= 0.6 is 31.9 Å². The molecule has 0 aliphatic heterocycles. The van der Waals surface area contributed by atoms with Crippen LogP contribution in [0.3, 0.4) is 0 Å². The highest BCUT2D eigenvalue weighted by molar-refractivity contribution is 9.10. The average molecular weight is 386 g/mol. The number of anilines is 2. The van der Waals surface area contributed by atoms with Crippen molar-refractivity contribution in [3.05, 3.63) is 51.7 Å². The summed E-state index contributed by atoms with van der Waals surface area (Å²) in [5.41, 5.74) is 1.28. The molecule has 0 spiro atoms. The second-order valence-electron chi connectivity index (χ2n) is 3.82. The summed E-state index contributed by atoms with van der Waals surface area (Å²) in [6, 6.07) is 4.79. The predicted molar refractivity (Wildman–Crippen MR) is 78.1 cm³/mol. The van der Waals surface area contributed by atoms with Crippen LogP contribution < -0.4 is 5.32 Å². The Labute approximate surface area is 124 Å². The van der Waals surface area contributed by atoms with E-state index >= 15 is 0 Å². The van der Waals surface area contributed by atoms with Crippen LogP contribution in [-0.2, 0) is 0 Å². The Kier molecular flexibility index (Phi) is 3.24. The molecule has 2 heterocycles. The number of nitrogens with zero attached hydrogens (tertiary/aromatic N) is 3. The zero-order chi connectivity index (χ0) is 13.4. The molecule has 0 atom stereocenters. The van der Waals surface area contributed by atoms with Crippen molar-refractivity contribution in [2.24, 2.45) is 0 Å². The maximum absolute atomic E-state index is 13.5. The first kappa shape index (κ1) is 12.6. The number of imidazole rings is 1. The lowest BCUT2D eigenvalue weighted by Gasteiger charge is -2.08. The lowest BCUT2D eigenvalue weighted by atomic mass is 10.3. The van der Waals surface area contributed by atoms with Crippen molar-refractivity contribution in [2.45, 2.75) is 0 Å². The monoisotopic (exact) mass is 384 g/mol. The third-order valence-electron chi connectivity index (χ3n) is 2.53. The highest BCUT2D eigenvalue weighted by atomic mass is 79.9. The molecule has 0 amide bonds. The Hall–Kier alpha value is -1.47. The molecule has 4 nitrogen and oxygen atoms in total. The van der Waals surface area contributed by atoms with Crippen LogP contribution in [0.25, 0.3) is 5.65 Å². The Morgan fingerprint density at radius 2 is 2.11 bits per heavy atom. The molecular weight excluding hydrogens is 379 g/mol. The minimum absolute atomic E-state index is 0.334. The fourth-order valence-corrected chi connectivity index (χ4v) is 2.34. The molecule has 19 heavy (non-hydrogen) atoms. The molecule has 96 valence electrons. The zero-order valence-corrected chi connectivity index (χ0v) is 12.6. The zero-order valence-electron chi connectivity index (χ0n) is 9.44. The van der Waals surface area contributed by atoms with E-state index in [9.17, 15) is 4.39 Å². The van der Waals surface area contributed by atoms with Gasteiger partial charge in [-0.15, -0.1) is 0 Å². The molecule has 3 aromatic rings. The number of hydrogen-bond acceptors (Lipinski definition) is 3. The number of nitrogens with one attached hydrogen (secondary N) is 1. The molecule has 2 aromatic heterocycles. The van der Waals surface area contributed by atoms with Crippen LogP contribution in [0.15, 0.2) is 45.9 Å². The van der Waals surface area contributed by atoms with E-state index in [1.54, 1.807) is 24.5 Å². The Balaban J connectivity index is 2.04. The van der Waals surface area contributed by atoms with Gasteiger partial charge in [0.25, 0.3) is 0 Å². The number of fused-ring (bicyclic) bond motifs is 1. The second kappa shape index (κ2) is 4.90. The lowest BCUT2D eigenvalue weighted by Crippen LogP contribution is -1.99. The van der Waals surface area contributed by atoms with E-state index in [1.165, 1.54) is 6.07 Å². The van der Waals surface area contributed by atoms with E-state index < -0.39 is 0 Å². The molecule has 0 bridgehead atoms. The number of hydrogen-bond donors (Lipinski definition) is 1. The van der Waals surface area contributed by atoms with Crippen molar-refractivity contribution in [3.8, 4) is 0 Å². The summed E-state index contributed by atoms with van der Waals surface area (Å²) in [6.45, 7) is 0. The third-order valence-corrected chi connectivity index (χ3v) is 3.55. The van der Waals surface area contributed by atoms with Gasteiger partial charge in [-0.2, -0.15) is 0 Å². The molecule has 0 radical (unpaired) electrons. The Bertz CT molecular complexity index is 757. The van der Waals surface area contributed by atoms with Gasteiger partial charge in [0.1, 0.15) is 10.4 Å². The van der Waals surface area contributed by atoms with Crippen molar-refractivity contribution in [1.82, 2.24) is 14.4 Å². The van der Waals surface area contributed by atoms with E-state index in [0.29, 0.717) is 26.2 Å². The molecule has 0 saturated heterocycles. The average Bonchev–Trinajstić information content (AvgIpc) is 2.82. The van der Waals surface area contributed by atoms with Crippen LogP contribution in [0.1, 0.15) is 0 Å². The summed E-state index contributed by atoms with van der Waals surface area (Å²) in [5.74, 6) is 0.223. The van der Waals surface area contributed by atoms with Gasteiger partial charge in [-0.05, 0) is 50.1 Å². The summed E-state index contributed by atoms with van der Waals surface area (Å²) in [4.78, 5) is 8.52. The van der Waals surface area contributed by atoms with Gasteiger partial charge in [0, 0.05) is 24.3 Å². The van der Waals surface area contributed by atoms with Crippen molar-refractivity contribution in [1.29, 1.82) is 0 Å². The second-order valence-corrected chi connectivity index (χ2v) is 5.49. The van der Waals surface area contributed by atoms with Crippen molar-refractivity contribution in [3.63, 3.8) is 0 Å². The van der Waals surface area contributed by atoms with Crippen molar-refractivity contribution >= 4 is 49.0 Å². The van der Waals surface area contributed by atoms with Gasteiger partial charge in [0.05, 0.1) is 4.47 Å². The highest BCUT2D eigenvalue weighted by Gasteiger charge is 2.08. The van der Waals surface area contributed by atoms with E-state index in [1.807, 2.05) is 10.6 Å². The summed E-state index contributed by atoms with van der Waals surface area (Å²) in [6.07, 6.45) is 5.29. The van der Waals surface area contributed by atoms with Crippen LogP contribution in [0, 0.1) is 5.82 Å².